The van der Waals surface area contributed by atoms with Crippen LogP contribution >= 0.6 is 0 Å². The van der Waals surface area contributed by atoms with Gasteiger partial charge in [0.2, 0.25) is 5.91 Å². The molecule has 1 aliphatic heterocycles. The maximum atomic E-state index is 12.4. The molecule has 1 aliphatic carbocycles. The van der Waals surface area contributed by atoms with Crippen LogP contribution in [0.2, 0.25) is 0 Å². The van der Waals surface area contributed by atoms with Crippen LogP contribution in [0.15, 0.2) is 24.3 Å². The molecule has 152 valence electrons. The van der Waals surface area contributed by atoms with Crippen molar-refractivity contribution in [3.05, 3.63) is 24.3 Å². The monoisotopic (exact) mass is 388 g/mol. The normalized spacial score (nSPS) is 23.0. The van der Waals surface area contributed by atoms with E-state index < -0.39 is 11.9 Å². The van der Waals surface area contributed by atoms with Gasteiger partial charge in [-0.25, -0.2) is 0 Å². The minimum absolute atomic E-state index is 0.0962. The van der Waals surface area contributed by atoms with Crippen LogP contribution in [-0.4, -0.2) is 42.1 Å². The molecule has 2 amide bonds. The van der Waals surface area contributed by atoms with Crippen molar-refractivity contribution >= 4 is 23.5 Å². The number of benzene rings is 1. The smallest absolute Gasteiger partial charge is 0.308 e. The summed E-state index contributed by atoms with van der Waals surface area (Å²) < 4.78 is 5.60. The number of nitrogens with one attached hydrogen (secondary N) is 1. The first-order chi connectivity index (χ1) is 13.5. The van der Waals surface area contributed by atoms with E-state index in [1.807, 2.05) is 6.07 Å². The second kappa shape index (κ2) is 9.57. The van der Waals surface area contributed by atoms with E-state index in [9.17, 15) is 19.5 Å². The zero-order chi connectivity index (χ0) is 19.9. The van der Waals surface area contributed by atoms with Gasteiger partial charge in [-0.05, 0) is 31.4 Å². The predicted molar refractivity (Wildman–Crippen MR) is 104 cm³/mol. The number of amides is 2. The number of rotatable bonds is 6. The van der Waals surface area contributed by atoms with Crippen LogP contribution in [0.4, 0.5) is 5.69 Å². The molecule has 2 unspecified atom stereocenters. The Labute approximate surface area is 165 Å². The molecule has 0 bridgehead atoms. The van der Waals surface area contributed by atoms with Crippen molar-refractivity contribution in [1.29, 1.82) is 0 Å². The first-order valence-corrected chi connectivity index (χ1v) is 10.1. The van der Waals surface area contributed by atoms with Crippen LogP contribution in [0.5, 0.6) is 5.75 Å². The van der Waals surface area contributed by atoms with Crippen LogP contribution in [-0.2, 0) is 14.4 Å². The highest BCUT2D eigenvalue weighted by molar-refractivity contribution is 5.95. The van der Waals surface area contributed by atoms with Crippen LogP contribution in [0.1, 0.15) is 51.4 Å². The molecule has 2 atom stereocenters. The van der Waals surface area contributed by atoms with Gasteiger partial charge >= 0.3 is 5.97 Å². The Morgan fingerprint density at radius 3 is 2.64 bits per heavy atom. The largest absolute Gasteiger partial charge is 0.484 e. The fourth-order valence-electron chi connectivity index (χ4n) is 4.01. The Hall–Kier alpha value is -2.57. The van der Waals surface area contributed by atoms with Gasteiger partial charge in [0.15, 0.2) is 6.61 Å². The SMILES string of the molecule is O=C(COc1cccc(N2CCCC2=O)c1)NC1CCCCCCC1C(=O)O. The highest BCUT2D eigenvalue weighted by Crippen LogP contribution is 2.26. The van der Waals surface area contributed by atoms with Gasteiger partial charge in [-0.15, -0.1) is 0 Å². The topological polar surface area (TPSA) is 95.9 Å². The molecule has 2 aliphatic rings. The Kier molecular flexibility index (Phi) is 6.90. The number of aliphatic carboxylic acids is 1. The minimum Gasteiger partial charge on any atom is -0.484 e. The average molecular weight is 388 g/mol. The maximum absolute atomic E-state index is 12.4. The third kappa shape index (κ3) is 5.24. The fraction of sp³-hybridized carbons (Fsp3) is 0.571. The van der Waals surface area contributed by atoms with Crippen molar-refractivity contribution in [2.45, 2.75) is 57.4 Å². The summed E-state index contributed by atoms with van der Waals surface area (Å²) in [7, 11) is 0. The quantitative estimate of drug-likeness (QED) is 0.781. The molecular weight excluding hydrogens is 360 g/mol. The number of carboxylic acid groups (broad SMARTS) is 1. The number of ether oxygens (including phenoxy) is 1. The molecule has 0 spiro atoms. The molecule has 0 aromatic heterocycles. The number of carbonyl (C=O) groups excluding carboxylic acids is 2. The summed E-state index contributed by atoms with van der Waals surface area (Å²) in [5.74, 6) is -1.11. The third-order valence-electron chi connectivity index (χ3n) is 5.50. The molecule has 7 nitrogen and oxygen atoms in total. The molecule has 28 heavy (non-hydrogen) atoms. The van der Waals surface area contributed by atoms with Gasteiger partial charge in [-0.2, -0.15) is 0 Å². The van der Waals surface area contributed by atoms with Crippen molar-refractivity contribution in [2.24, 2.45) is 5.92 Å². The summed E-state index contributed by atoms with van der Waals surface area (Å²) in [5, 5.41) is 12.3. The first-order valence-electron chi connectivity index (χ1n) is 10.1. The lowest BCUT2D eigenvalue weighted by molar-refractivity contribution is -0.143. The standard InChI is InChI=1S/C21H28N2O5/c24-19(22-18-10-4-2-1-3-9-17(18)21(26)27)14-28-16-8-5-7-15(13-16)23-12-6-11-20(23)25/h5,7-8,13,17-18H,1-4,6,9-12,14H2,(H,22,24)(H,26,27). The second-order valence-electron chi connectivity index (χ2n) is 7.55. The molecule has 1 aromatic carbocycles. The van der Waals surface area contributed by atoms with Gasteiger partial charge < -0.3 is 20.1 Å². The Bertz CT molecular complexity index is 721. The zero-order valence-corrected chi connectivity index (χ0v) is 16.1. The highest BCUT2D eigenvalue weighted by Gasteiger charge is 2.30. The number of nitrogens with zero attached hydrogens (tertiary/aromatic N) is 1. The lowest BCUT2D eigenvalue weighted by Crippen LogP contribution is -2.45. The maximum Gasteiger partial charge on any atom is 0.308 e. The van der Waals surface area contributed by atoms with Crippen LogP contribution < -0.4 is 15.0 Å². The number of hydrogen-bond acceptors (Lipinski definition) is 4. The molecule has 7 heteroatoms. The van der Waals surface area contributed by atoms with Gasteiger partial charge in [0.05, 0.1) is 5.92 Å². The number of carbonyl (C=O) groups is 3. The van der Waals surface area contributed by atoms with Gasteiger partial charge in [0, 0.05) is 30.8 Å². The zero-order valence-electron chi connectivity index (χ0n) is 16.1. The Balaban J connectivity index is 1.56. The lowest BCUT2D eigenvalue weighted by Gasteiger charge is -2.27. The van der Waals surface area contributed by atoms with Crippen molar-refractivity contribution < 1.29 is 24.2 Å². The average Bonchev–Trinajstić information content (AvgIpc) is 3.08. The van der Waals surface area contributed by atoms with Gasteiger partial charge in [0.25, 0.3) is 5.91 Å². The summed E-state index contributed by atoms with van der Waals surface area (Å²) in [4.78, 5) is 37.5. The van der Waals surface area contributed by atoms with Gasteiger partial charge in [-0.3, -0.25) is 14.4 Å². The summed E-state index contributed by atoms with van der Waals surface area (Å²) >= 11 is 0. The number of carboxylic acids is 1. The molecule has 1 heterocycles. The van der Waals surface area contributed by atoms with E-state index in [-0.39, 0.29) is 24.5 Å². The van der Waals surface area contributed by atoms with E-state index in [1.54, 1.807) is 23.1 Å². The van der Waals surface area contributed by atoms with Crippen molar-refractivity contribution in [1.82, 2.24) is 5.32 Å². The molecule has 2 N–H and O–H groups in total. The predicted octanol–water partition coefficient (Wildman–Crippen LogP) is 2.73. The molecule has 0 radical (unpaired) electrons. The van der Waals surface area contributed by atoms with E-state index >= 15 is 0 Å². The summed E-state index contributed by atoms with van der Waals surface area (Å²) in [5.41, 5.74) is 0.770. The fourth-order valence-corrected chi connectivity index (χ4v) is 4.01. The Morgan fingerprint density at radius 2 is 1.93 bits per heavy atom. The number of hydrogen-bond donors (Lipinski definition) is 2. The van der Waals surface area contributed by atoms with Crippen molar-refractivity contribution in [3.8, 4) is 5.75 Å². The van der Waals surface area contributed by atoms with Gasteiger partial charge in [0.1, 0.15) is 5.75 Å². The second-order valence-corrected chi connectivity index (χ2v) is 7.55. The molecule has 2 fully saturated rings. The van der Waals surface area contributed by atoms with E-state index in [2.05, 4.69) is 5.32 Å². The van der Waals surface area contributed by atoms with Gasteiger partial charge in [-0.1, -0.05) is 31.7 Å². The van der Waals surface area contributed by atoms with Crippen LogP contribution in [0.25, 0.3) is 0 Å². The van der Waals surface area contributed by atoms with E-state index in [1.165, 1.54) is 0 Å². The number of anilines is 1. The molecule has 1 saturated carbocycles. The summed E-state index contributed by atoms with van der Waals surface area (Å²) in [6, 6.07) is 6.79. The minimum atomic E-state index is -0.851. The molecule has 3 rings (SSSR count). The lowest BCUT2D eigenvalue weighted by atomic mass is 9.87. The van der Waals surface area contributed by atoms with E-state index in [4.69, 9.17) is 4.74 Å². The Morgan fingerprint density at radius 1 is 1.14 bits per heavy atom. The first kappa shape index (κ1) is 20.2. The summed E-state index contributed by atoms with van der Waals surface area (Å²) in [6.07, 6.45) is 6.57. The van der Waals surface area contributed by atoms with E-state index in [0.29, 0.717) is 31.6 Å². The molecule has 1 saturated heterocycles. The van der Waals surface area contributed by atoms with Crippen LogP contribution in [0.3, 0.4) is 0 Å². The molecule has 1 aromatic rings. The van der Waals surface area contributed by atoms with E-state index in [0.717, 1.165) is 37.8 Å². The van der Waals surface area contributed by atoms with Crippen LogP contribution in [0, 0.1) is 5.92 Å². The highest BCUT2D eigenvalue weighted by atomic mass is 16.5. The molecular formula is C21H28N2O5. The van der Waals surface area contributed by atoms with Crippen molar-refractivity contribution in [2.75, 3.05) is 18.1 Å². The summed E-state index contributed by atoms with van der Waals surface area (Å²) in [6.45, 7) is 0.515. The third-order valence-corrected chi connectivity index (χ3v) is 5.50. The van der Waals surface area contributed by atoms with Crippen molar-refractivity contribution in [3.63, 3.8) is 0 Å².